The SMILES string of the molecule is N#Cc1ccc(Cc2cnc(NC(=O)c3ccc(NC(=O)c4ccco4)s3)s2)cc1. The summed E-state index contributed by atoms with van der Waals surface area (Å²) in [6, 6.07) is 16.0. The Kier molecular flexibility index (Phi) is 5.70. The van der Waals surface area contributed by atoms with Crippen molar-refractivity contribution >= 4 is 44.6 Å². The summed E-state index contributed by atoms with van der Waals surface area (Å²) >= 11 is 2.55. The van der Waals surface area contributed by atoms with Crippen LogP contribution in [0.25, 0.3) is 0 Å². The van der Waals surface area contributed by atoms with Crippen molar-refractivity contribution in [2.45, 2.75) is 6.42 Å². The van der Waals surface area contributed by atoms with Gasteiger partial charge in [-0.25, -0.2) is 4.98 Å². The van der Waals surface area contributed by atoms with Gasteiger partial charge in [-0.2, -0.15) is 5.26 Å². The number of thiophene rings is 1. The van der Waals surface area contributed by atoms with Crippen molar-refractivity contribution in [3.8, 4) is 6.07 Å². The molecule has 0 aliphatic carbocycles. The van der Waals surface area contributed by atoms with Crippen LogP contribution in [0, 0.1) is 11.3 Å². The molecule has 4 rings (SSSR count). The molecule has 9 heteroatoms. The van der Waals surface area contributed by atoms with Crippen LogP contribution in [0.4, 0.5) is 10.1 Å². The first-order valence-corrected chi connectivity index (χ1v) is 10.4. The van der Waals surface area contributed by atoms with Gasteiger partial charge in [-0.05, 0) is 42.0 Å². The number of anilines is 2. The zero-order valence-corrected chi connectivity index (χ0v) is 17.0. The van der Waals surface area contributed by atoms with Crippen molar-refractivity contribution in [3.05, 3.63) is 87.6 Å². The summed E-state index contributed by atoms with van der Waals surface area (Å²) in [4.78, 5) is 30.2. The van der Waals surface area contributed by atoms with Crippen LogP contribution in [-0.2, 0) is 6.42 Å². The third kappa shape index (κ3) is 4.63. The molecule has 0 atom stereocenters. The summed E-state index contributed by atoms with van der Waals surface area (Å²) in [7, 11) is 0. The Labute approximate surface area is 179 Å². The minimum Gasteiger partial charge on any atom is -0.459 e. The largest absolute Gasteiger partial charge is 0.459 e. The summed E-state index contributed by atoms with van der Waals surface area (Å²) in [5.41, 5.74) is 1.68. The van der Waals surface area contributed by atoms with Crippen LogP contribution in [0.15, 0.2) is 65.4 Å². The number of nitriles is 1. The molecule has 0 spiro atoms. The second-order valence-corrected chi connectivity index (χ2v) is 8.37. The lowest BCUT2D eigenvalue weighted by Crippen LogP contribution is -2.10. The number of hydrogen-bond acceptors (Lipinski definition) is 7. The quantitative estimate of drug-likeness (QED) is 0.455. The fraction of sp³-hybridized carbons (Fsp3) is 0.0476. The summed E-state index contributed by atoms with van der Waals surface area (Å²) in [6.07, 6.45) is 3.81. The van der Waals surface area contributed by atoms with Crippen LogP contribution >= 0.6 is 22.7 Å². The number of furan rings is 1. The van der Waals surface area contributed by atoms with E-state index in [1.165, 1.54) is 17.6 Å². The molecule has 3 heterocycles. The smallest absolute Gasteiger partial charge is 0.291 e. The molecule has 0 bridgehead atoms. The van der Waals surface area contributed by atoms with Crippen LogP contribution in [-0.4, -0.2) is 16.8 Å². The van der Waals surface area contributed by atoms with Crippen molar-refractivity contribution in [1.82, 2.24) is 4.98 Å². The van der Waals surface area contributed by atoms with E-state index in [0.29, 0.717) is 27.0 Å². The highest BCUT2D eigenvalue weighted by atomic mass is 32.1. The highest BCUT2D eigenvalue weighted by molar-refractivity contribution is 7.18. The van der Waals surface area contributed by atoms with Crippen LogP contribution in [0.1, 0.15) is 36.2 Å². The Balaban J connectivity index is 1.35. The molecule has 0 unspecified atom stereocenters. The molecule has 2 amide bonds. The van der Waals surface area contributed by atoms with E-state index in [2.05, 4.69) is 21.7 Å². The first-order valence-electron chi connectivity index (χ1n) is 8.80. The molecule has 4 aromatic rings. The van der Waals surface area contributed by atoms with Gasteiger partial charge in [0.2, 0.25) is 0 Å². The van der Waals surface area contributed by atoms with E-state index in [1.54, 1.807) is 42.6 Å². The minimum atomic E-state index is -0.374. The maximum atomic E-state index is 12.5. The van der Waals surface area contributed by atoms with Crippen molar-refractivity contribution in [2.75, 3.05) is 10.6 Å². The topological polar surface area (TPSA) is 108 Å². The number of nitrogens with zero attached hydrogens (tertiary/aromatic N) is 2. The van der Waals surface area contributed by atoms with Crippen LogP contribution in [0.3, 0.4) is 0 Å². The van der Waals surface area contributed by atoms with E-state index in [0.717, 1.165) is 21.8 Å². The lowest BCUT2D eigenvalue weighted by Gasteiger charge is -2.00. The van der Waals surface area contributed by atoms with Gasteiger partial charge in [0, 0.05) is 17.5 Å². The summed E-state index contributed by atoms with van der Waals surface area (Å²) < 4.78 is 5.05. The zero-order chi connectivity index (χ0) is 20.9. The summed E-state index contributed by atoms with van der Waals surface area (Å²) in [5, 5.41) is 15.4. The van der Waals surface area contributed by atoms with Crippen molar-refractivity contribution in [1.29, 1.82) is 5.26 Å². The average Bonchev–Trinajstić information content (AvgIpc) is 3.51. The van der Waals surface area contributed by atoms with Crippen LogP contribution in [0.5, 0.6) is 0 Å². The third-order valence-corrected chi connectivity index (χ3v) is 5.96. The van der Waals surface area contributed by atoms with Gasteiger partial charge >= 0.3 is 0 Å². The molecule has 0 saturated heterocycles. The Hall–Kier alpha value is -3.74. The molecule has 0 saturated carbocycles. The summed E-state index contributed by atoms with van der Waals surface area (Å²) in [6.45, 7) is 0. The van der Waals surface area contributed by atoms with E-state index < -0.39 is 0 Å². The second kappa shape index (κ2) is 8.73. The molecule has 1 aromatic carbocycles. The number of carbonyl (C=O) groups excluding carboxylic acids is 2. The number of thiazole rings is 1. The fourth-order valence-electron chi connectivity index (χ4n) is 2.61. The first kappa shape index (κ1) is 19.6. The molecule has 3 aromatic heterocycles. The molecule has 0 aliphatic rings. The van der Waals surface area contributed by atoms with E-state index in [1.807, 2.05) is 12.1 Å². The molecular formula is C21H14N4O3S2. The van der Waals surface area contributed by atoms with Gasteiger partial charge in [0.05, 0.1) is 27.8 Å². The fourth-order valence-corrected chi connectivity index (χ4v) is 4.25. The van der Waals surface area contributed by atoms with E-state index >= 15 is 0 Å². The van der Waals surface area contributed by atoms with Gasteiger partial charge in [-0.15, -0.1) is 22.7 Å². The third-order valence-electron chi connectivity index (χ3n) is 4.05. The Morgan fingerprint density at radius 2 is 1.87 bits per heavy atom. The van der Waals surface area contributed by atoms with Crippen LogP contribution in [0.2, 0.25) is 0 Å². The lowest BCUT2D eigenvalue weighted by atomic mass is 10.1. The number of amides is 2. The Bertz CT molecular complexity index is 1220. The van der Waals surface area contributed by atoms with Crippen molar-refractivity contribution in [2.24, 2.45) is 0 Å². The van der Waals surface area contributed by atoms with Gasteiger partial charge in [-0.3, -0.25) is 14.9 Å². The normalized spacial score (nSPS) is 10.4. The number of aromatic nitrogens is 1. The number of benzene rings is 1. The molecule has 0 radical (unpaired) electrons. The number of rotatable bonds is 6. The van der Waals surface area contributed by atoms with Gasteiger partial charge in [0.25, 0.3) is 11.8 Å². The van der Waals surface area contributed by atoms with Gasteiger partial charge in [0.1, 0.15) is 0 Å². The maximum Gasteiger partial charge on any atom is 0.291 e. The molecule has 7 nitrogen and oxygen atoms in total. The highest BCUT2D eigenvalue weighted by Crippen LogP contribution is 2.26. The molecule has 30 heavy (non-hydrogen) atoms. The zero-order valence-electron chi connectivity index (χ0n) is 15.4. The van der Waals surface area contributed by atoms with Crippen LogP contribution < -0.4 is 10.6 Å². The number of carbonyl (C=O) groups is 2. The van der Waals surface area contributed by atoms with Gasteiger partial charge in [0.15, 0.2) is 10.9 Å². The van der Waals surface area contributed by atoms with Crippen molar-refractivity contribution in [3.63, 3.8) is 0 Å². The lowest BCUT2D eigenvalue weighted by molar-refractivity contribution is 0.0995. The summed E-state index contributed by atoms with van der Waals surface area (Å²) in [5.74, 6) is -0.467. The molecule has 0 fully saturated rings. The minimum absolute atomic E-state index is 0.201. The van der Waals surface area contributed by atoms with E-state index in [4.69, 9.17) is 9.68 Å². The maximum absolute atomic E-state index is 12.5. The number of nitrogens with one attached hydrogen (secondary N) is 2. The van der Waals surface area contributed by atoms with Gasteiger partial charge in [-0.1, -0.05) is 12.1 Å². The molecule has 0 aliphatic heterocycles. The monoisotopic (exact) mass is 434 g/mol. The number of hydrogen-bond donors (Lipinski definition) is 2. The first-order chi connectivity index (χ1) is 14.6. The van der Waals surface area contributed by atoms with Gasteiger partial charge < -0.3 is 9.73 Å². The highest BCUT2D eigenvalue weighted by Gasteiger charge is 2.15. The second-order valence-electron chi connectivity index (χ2n) is 6.17. The van der Waals surface area contributed by atoms with E-state index in [9.17, 15) is 9.59 Å². The Morgan fingerprint density at radius 3 is 2.60 bits per heavy atom. The van der Waals surface area contributed by atoms with Crippen molar-refractivity contribution < 1.29 is 14.0 Å². The molecule has 148 valence electrons. The average molecular weight is 435 g/mol. The standard InChI is InChI=1S/C21H14N4O3S2/c22-11-14-5-3-13(4-6-14)10-15-12-23-21(29-15)25-20(27)17-7-8-18(30-17)24-19(26)16-2-1-9-28-16/h1-9,12H,10H2,(H,24,26)(H,23,25,27). The van der Waals surface area contributed by atoms with E-state index in [-0.39, 0.29) is 17.6 Å². The molecule has 2 N–H and O–H groups in total. The predicted octanol–water partition coefficient (Wildman–Crippen LogP) is 4.76. The Morgan fingerprint density at radius 1 is 1.03 bits per heavy atom. The molecular weight excluding hydrogens is 420 g/mol. The predicted molar refractivity (Wildman–Crippen MR) is 115 cm³/mol.